The number of hydrogen-bond donors (Lipinski definition) is 2. The number of carbonyl (C=O) groups is 2. The topological polar surface area (TPSA) is 112 Å². The lowest BCUT2D eigenvalue weighted by Gasteiger charge is -2.21. The maximum absolute atomic E-state index is 13.0. The van der Waals surface area contributed by atoms with Gasteiger partial charge in [-0.3, -0.25) is 14.4 Å². The number of pyridine rings is 1. The van der Waals surface area contributed by atoms with E-state index in [1.54, 1.807) is 12.1 Å². The molecule has 0 fully saturated rings. The van der Waals surface area contributed by atoms with Gasteiger partial charge in [-0.2, -0.15) is 5.10 Å². The SMILES string of the molecule is CCOc1ccc2cc([C@@H]3CC(c4ccc(C)cc4)=NN3C(=O)CCC(=O)O)c(=O)[nH]c2c1. The molecule has 0 spiro atoms. The van der Waals surface area contributed by atoms with E-state index in [9.17, 15) is 14.4 Å². The Balaban J connectivity index is 1.72. The van der Waals surface area contributed by atoms with Crippen LogP contribution in [0.5, 0.6) is 5.75 Å². The first-order valence-corrected chi connectivity index (χ1v) is 10.8. The number of carboxylic acid groups (broad SMARTS) is 1. The number of rotatable bonds is 7. The van der Waals surface area contributed by atoms with Crippen molar-refractivity contribution in [1.82, 2.24) is 9.99 Å². The summed E-state index contributed by atoms with van der Waals surface area (Å²) >= 11 is 0. The molecule has 0 saturated heterocycles. The first-order chi connectivity index (χ1) is 15.9. The molecule has 33 heavy (non-hydrogen) atoms. The van der Waals surface area contributed by atoms with Crippen LogP contribution in [0.2, 0.25) is 0 Å². The lowest BCUT2D eigenvalue weighted by Crippen LogP contribution is -2.31. The van der Waals surface area contributed by atoms with Crippen LogP contribution >= 0.6 is 0 Å². The predicted molar refractivity (Wildman–Crippen MR) is 125 cm³/mol. The number of carboxylic acids is 1. The Morgan fingerprint density at radius 1 is 1.15 bits per heavy atom. The first-order valence-electron chi connectivity index (χ1n) is 10.8. The summed E-state index contributed by atoms with van der Waals surface area (Å²) in [5.74, 6) is -0.837. The van der Waals surface area contributed by atoms with Gasteiger partial charge < -0.3 is 14.8 Å². The van der Waals surface area contributed by atoms with Crippen molar-refractivity contribution in [2.24, 2.45) is 5.10 Å². The number of aromatic nitrogens is 1. The number of hydrazone groups is 1. The Hall–Kier alpha value is -3.94. The highest BCUT2D eigenvalue weighted by Gasteiger charge is 2.34. The Morgan fingerprint density at radius 2 is 1.91 bits per heavy atom. The van der Waals surface area contributed by atoms with Gasteiger partial charge in [-0.25, -0.2) is 5.01 Å². The molecular weight excluding hydrogens is 422 g/mol. The predicted octanol–water partition coefficient (Wildman–Crippen LogP) is 3.78. The van der Waals surface area contributed by atoms with Crippen molar-refractivity contribution in [2.45, 2.75) is 39.2 Å². The standard InChI is InChI=1S/C25H25N3O5/c1-3-33-18-9-8-17-12-19(25(32)26-20(17)13-18)22-14-21(16-6-4-15(2)5-7-16)27-28(22)23(29)10-11-24(30)31/h4-9,12-13,22H,3,10-11,14H2,1-2H3,(H,26,32)(H,30,31)/t22-/m0/s1. The van der Waals surface area contributed by atoms with Gasteiger partial charge in [0.15, 0.2) is 0 Å². The molecule has 2 N–H and O–H groups in total. The highest BCUT2D eigenvalue weighted by atomic mass is 16.5. The van der Waals surface area contributed by atoms with E-state index in [2.05, 4.69) is 10.1 Å². The number of aryl methyl sites for hydroxylation is 1. The molecule has 0 radical (unpaired) electrons. The maximum Gasteiger partial charge on any atom is 0.303 e. The van der Waals surface area contributed by atoms with Gasteiger partial charge in [0.1, 0.15) is 5.75 Å². The van der Waals surface area contributed by atoms with Gasteiger partial charge in [0.25, 0.3) is 5.56 Å². The molecule has 3 aromatic rings. The van der Waals surface area contributed by atoms with E-state index in [-0.39, 0.29) is 18.4 Å². The van der Waals surface area contributed by atoms with Gasteiger partial charge >= 0.3 is 5.97 Å². The summed E-state index contributed by atoms with van der Waals surface area (Å²) in [4.78, 5) is 39.8. The van der Waals surface area contributed by atoms with Crippen molar-refractivity contribution >= 4 is 28.5 Å². The quantitative estimate of drug-likeness (QED) is 0.572. The lowest BCUT2D eigenvalue weighted by atomic mass is 9.97. The number of nitrogens with zero attached hydrogens (tertiary/aromatic N) is 2. The molecule has 170 valence electrons. The smallest absolute Gasteiger partial charge is 0.303 e. The molecule has 0 saturated carbocycles. The summed E-state index contributed by atoms with van der Waals surface area (Å²) in [6.45, 7) is 4.39. The molecule has 4 rings (SSSR count). The van der Waals surface area contributed by atoms with E-state index in [1.807, 2.05) is 50.2 Å². The van der Waals surface area contributed by atoms with E-state index < -0.39 is 17.9 Å². The van der Waals surface area contributed by atoms with E-state index in [0.717, 1.165) is 16.5 Å². The normalized spacial score (nSPS) is 15.5. The van der Waals surface area contributed by atoms with Crippen LogP contribution in [0, 0.1) is 6.92 Å². The molecule has 1 aliphatic rings. The Kier molecular flexibility index (Phi) is 6.26. The highest BCUT2D eigenvalue weighted by Crippen LogP contribution is 2.33. The largest absolute Gasteiger partial charge is 0.494 e. The Morgan fingerprint density at radius 3 is 2.61 bits per heavy atom. The van der Waals surface area contributed by atoms with Gasteiger partial charge in [0.05, 0.1) is 30.3 Å². The molecule has 1 amide bonds. The number of carbonyl (C=O) groups excluding carboxylic acids is 1. The highest BCUT2D eigenvalue weighted by molar-refractivity contribution is 6.03. The van der Waals surface area contributed by atoms with Crippen LogP contribution < -0.4 is 10.3 Å². The second-order valence-electron chi connectivity index (χ2n) is 8.00. The van der Waals surface area contributed by atoms with Gasteiger partial charge in [0, 0.05) is 24.5 Å². The number of aromatic amines is 1. The zero-order valence-electron chi connectivity index (χ0n) is 18.5. The number of aliphatic carboxylic acids is 1. The lowest BCUT2D eigenvalue weighted by molar-refractivity contribution is -0.141. The second-order valence-corrected chi connectivity index (χ2v) is 8.00. The van der Waals surface area contributed by atoms with Crippen molar-refractivity contribution in [3.63, 3.8) is 0 Å². The minimum Gasteiger partial charge on any atom is -0.494 e. The molecule has 2 aromatic carbocycles. The van der Waals surface area contributed by atoms with Gasteiger partial charge in [-0.1, -0.05) is 29.8 Å². The van der Waals surface area contributed by atoms with Crippen molar-refractivity contribution in [2.75, 3.05) is 6.61 Å². The first kappa shape index (κ1) is 22.3. The van der Waals surface area contributed by atoms with Crippen LogP contribution in [0.3, 0.4) is 0 Å². The van der Waals surface area contributed by atoms with Gasteiger partial charge in [-0.15, -0.1) is 0 Å². The van der Waals surface area contributed by atoms with E-state index in [0.29, 0.717) is 35.6 Å². The van der Waals surface area contributed by atoms with Crippen LogP contribution in [-0.2, 0) is 9.59 Å². The van der Waals surface area contributed by atoms with Gasteiger partial charge in [-0.05, 0) is 43.0 Å². The molecule has 8 nitrogen and oxygen atoms in total. The monoisotopic (exact) mass is 447 g/mol. The molecule has 8 heteroatoms. The Bertz CT molecular complexity index is 1290. The van der Waals surface area contributed by atoms with Crippen LogP contribution in [0.4, 0.5) is 0 Å². The fourth-order valence-electron chi connectivity index (χ4n) is 3.93. The van der Waals surface area contributed by atoms with Crippen molar-refractivity contribution < 1.29 is 19.4 Å². The summed E-state index contributed by atoms with van der Waals surface area (Å²) in [7, 11) is 0. The molecule has 2 heterocycles. The number of hydrogen-bond acceptors (Lipinski definition) is 5. The van der Waals surface area contributed by atoms with E-state index in [4.69, 9.17) is 9.84 Å². The summed E-state index contributed by atoms with van der Waals surface area (Å²) in [6, 6.07) is 14.4. The van der Waals surface area contributed by atoms with Gasteiger partial charge in [0.2, 0.25) is 5.91 Å². The average Bonchev–Trinajstić information content (AvgIpc) is 3.23. The zero-order valence-corrected chi connectivity index (χ0v) is 18.5. The van der Waals surface area contributed by atoms with E-state index in [1.165, 1.54) is 5.01 Å². The molecule has 0 unspecified atom stereocenters. The zero-order chi connectivity index (χ0) is 23.5. The second kappa shape index (κ2) is 9.28. The number of nitrogens with one attached hydrogen (secondary N) is 1. The van der Waals surface area contributed by atoms with Crippen LogP contribution in [-0.4, -0.2) is 39.3 Å². The molecule has 0 bridgehead atoms. The molecular formula is C25H25N3O5. The average molecular weight is 447 g/mol. The fraction of sp³-hybridized carbons (Fsp3) is 0.280. The van der Waals surface area contributed by atoms with Crippen LogP contribution in [0.1, 0.15) is 48.9 Å². The van der Waals surface area contributed by atoms with Crippen molar-refractivity contribution in [3.8, 4) is 5.75 Å². The van der Waals surface area contributed by atoms with Crippen LogP contribution in [0.15, 0.2) is 58.4 Å². The third-order valence-electron chi connectivity index (χ3n) is 5.62. The molecule has 1 aliphatic heterocycles. The molecule has 0 aliphatic carbocycles. The minimum atomic E-state index is -1.06. The summed E-state index contributed by atoms with van der Waals surface area (Å²) in [5.41, 5.74) is 3.35. The molecule has 1 aromatic heterocycles. The maximum atomic E-state index is 13.0. The number of benzene rings is 2. The number of fused-ring (bicyclic) bond motifs is 1. The number of H-pyrrole nitrogens is 1. The molecule has 1 atom stereocenters. The Labute approximate surface area is 190 Å². The summed E-state index contributed by atoms with van der Waals surface area (Å²) in [5, 5.41) is 15.6. The minimum absolute atomic E-state index is 0.195. The van der Waals surface area contributed by atoms with Crippen molar-refractivity contribution in [1.29, 1.82) is 0 Å². The number of amides is 1. The fourth-order valence-corrected chi connectivity index (χ4v) is 3.93. The van der Waals surface area contributed by atoms with E-state index >= 15 is 0 Å². The summed E-state index contributed by atoms with van der Waals surface area (Å²) in [6.07, 6.45) is -0.140. The van der Waals surface area contributed by atoms with Crippen LogP contribution in [0.25, 0.3) is 10.9 Å². The van der Waals surface area contributed by atoms with Crippen molar-refractivity contribution in [3.05, 3.63) is 75.6 Å². The summed E-state index contributed by atoms with van der Waals surface area (Å²) < 4.78 is 5.51. The third kappa shape index (κ3) is 4.79. The third-order valence-corrected chi connectivity index (χ3v) is 5.62. The number of ether oxygens (including phenoxy) is 1.